The summed E-state index contributed by atoms with van der Waals surface area (Å²) < 4.78 is 31.5. The van der Waals surface area contributed by atoms with E-state index in [0.29, 0.717) is 18.8 Å². The number of urea groups is 1. The number of halogens is 2. The fourth-order valence-corrected chi connectivity index (χ4v) is 2.73. The molecular formula is C17H25F2N3O2. The van der Waals surface area contributed by atoms with Crippen LogP contribution in [0.4, 0.5) is 19.3 Å². The van der Waals surface area contributed by atoms with E-state index >= 15 is 0 Å². The lowest BCUT2D eigenvalue weighted by atomic mass is 10.1. The first-order valence-electron chi connectivity index (χ1n) is 8.18. The molecule has 7 heteroatoms. The molecule has 0 bridgehead atoms. The van der Waals surface area contributed by atoms with Gasteiger partial charge in [0.2, 0.25) is 0 Å². The Morgan fingerprint density at radius 1 is 1.38 bits per heavy atom. The Morgan fingerprint density at radius 3 is 2.79 bits per heavy atom. The first-order valence-corrected chi connectivity index (χ1v) is 8.18. The molecule has 134 valence electrons. The van der Waals surface area contributed by atoms with Crippen LogP contribution in [0.1, 0.15) is 20.3 Å². The van der Waals surface area contributed by atoms with Gasteiger partial charge in [0.05, 0.1) is 12.1 Å². The van der Waals surface area contributed by atoms with Gasteiger partial charge in [-0.3, -0.25) is 0 Å². The molecule has 0 saturated carbocycles. The number of anilines is 1. The number of nitrogens with one attached hydrogen (secondary N) is 2. The zero-order valence-corrected chi connectivity index (χ0v) is 14.3. The highest BCUT2D eigenvalue weighted by Gasteiger charge is 2.24. The largest absolute Gasteiger partial charge is 0.380 e. The average molecular weight is 341 g/mol. The molecule has 0 aromatic heterocycles. The van der Waals surface area contributed by atoms with E-state index in [4.69, 9.17) is 4.74 Å². The molecule has 2 rings (SSSR count). The molecule has 1 aliphatic heterocycles. The Balaban J connectivity index is 1.77. The summed E-state index contributed by atoms with van der Waals surface area (Å²) in [6.45, 7) is 5.78. The van der Waals surface area contributed by atoms with Crippen LogP contribution < -0.4 is 15.5 Å². The third kappa shape index (κ3) is 4.80. The van der Waals surface area contributed by atoms with Gasteiger partial charge in [0, 0.05) is 38.5 Å². The van der Waals surface area contributed by atoms with Crippen LogP contribution in [0.2, 0.25) is 0 Å². The molecule has 0 radical (unpaired) electrons. The van der Waals surface area contributed by atoms with Crippen molar-refractivity contribution in [1.29, 1.82) is 0 Å². The van der Waals surface area contributed by atoms with E-state index in [1.165, 1.54) is 6.07 Å². The second kappa shape index (κ2) is 8.28. The minimum Gasteiger partial charge on any atom is -0.380 e. The van der Waals surface area contributed by atoms with E-state index in [1.54, 1.807) is 13.2 Å². The number of amides is 2. The van der Waals surface area contributed by atoms with Crippen LogP contribution in [0, 0.1) is 17.6 Å². The third-order valence-electron chi connectivity index (χ3n) is 4.54. The summed E-state index contributed by atoms with van der Waals surface area (Å²) >= 11 is 0. The molecule has 5 nitrogen and oxygen atoms in total. The van der Waals surface area contributed by atoms with Crippen LogP contribution in [-0.2, 0) is 4.74 Å². The van der Waals surface area contributed by atoms with Crippen molar-refractivity contribution in [3.63, 3.8) is 0 Å². The van der Waals surface area contributed by atoms with Crippen molar-refractivity contribution >= 4 is 11.7 Å². The van der Waals surface area contributed by atoms with Crippen molar-refractivity contribution in [3.8, 4) is 0 Å². The Labute approximate surface area is 141 Å². The van der Waals surface area contributed by atoms with E-state index in [9.17, 15) is 13.6 Å². The van der Waals surface area contributed by atoms with Gasteiger partial charge >= 0.3 is 6.03 Å². The van der Waals surface area contributed by atoms with Gasteiger partial charge in [0.15, 0.2) is 11.6 Å². The number of carbonyl (C=O) groups is 1. The molecule has 1 heterocycles. The number of hydrogen-bond acceptors (Lipinski definition) is 3. The Morgan fingerprint density at radius 2 is 2.12 bits per heavy atom. The summed E-state index contributed by atoms with van der Waals surface area (Å²) in [5, 5.41) is 5.69. The predicted molar refractivity (Wildman–Crippen MR) is 89.1 cm³/mol. The van der Waals surface area contributed by atoms with Crippen LogP contribution in [0.5, 0.6) is 0 Å². The van der Waals surface area contributed by atoms with Crippen LogP contribution in [0.3, 0.4) is 0 Å². The fraction of sp³-hybridized carbons (Fsp3) is 0.588. The van der Waals surface area contributed by atoms with E-state index in [-0.39, 0.29) is 24.1 Å². The first-order chi connectivity index (χ1) is 11.4. The molecule has 2 amide bonds. The van der Waals surface area contributed by atoms with Crippen LogP contribution in [0.15, 0.2) is 18.2 Å². The van der Waals surface area contributed by atoms with Gasteiger partial charge in [-0.1, -0.05) is 0 Å². The van der Waals surface area contributed by atoms with Crippen LogP contribution in [0.25, 0.3) is 0 Å². The summed E-state index contributed by atoms with van der Waals surface area (Å²) in [7, 11) is 1.60. The van der Waals surface area contributed by atoms with Crippen LogP contribution in [-0.4, -0.2) is 44.9 Å². The smallest absolute Gasteiger partial charge is 0.315 e. The molecule has 1 saturated heterocycles. The molecule has 1 fully saturated rings. The molecule has 3 atom stereocenters. The fourth-order valence-electron chi connectivity index (χ4n) is 2.73. The standard InChI is InChI=1S/C17H25F2N3O2/c1-11(12(2)24-3)21-17(23)20-9-13-6-7-22(10-13)14-4-5-15(18)16(19)8-14/h4-5,8,11-13H,6-7,9-10H2,1-3H3,(H2,20,21,23)/t11-,12+,13-/m0/s1. The average Bonchev–Trinajstić information content (AvgIpc) is 3.03. The number of benzene rings is 1. The van der Waals surface area contributed by atoms with Gasteiger partial charge in [-0.15, -0.1) is 0 Å². The third-order valence-corrected chi connectivity index (χ3v) is 4.54. The minimum atomic E-state index is -0.841. The second-order valence-corrected chi connectivity index (χ2v) is 6.28. The van der Waals surface area contributed by atoms with Gasteiger partial charge in [-0.2, -0.15) is 0 Å². The lowest BCUT2D eigenvalue weighted by Gasteiger charge is -2.21. The monoisotopic (exact) mass is 341 g/mol. The topological polar surface area (TPSA) is 53.6 Å². The highest BCUT2D eigenvalue weighted by Crippen LogP contribution is 2.24. The summed E-state index contributed by atoms with van der Waals surface area (Å²) in [6, 6.07) is 3.62. The highest BCUT2D eigenvalue weighted by molar-refractivity contribution is 5.74. The molecule has 1 aromatic carbocycles. The first kappa shape index (κ1) is 18.4. The predicted octanol–water partition coefficient (Wildman–Crippen LogP) is 2.51. The maximum absolute atomic E-state index is 13.3. The van der Waals surface area contributed by atoms with Crippen molar-refractivity contribution in [1.82, 2.24) is 10.6 Å². The number of ether oxygens (including phenoxy) is 1. The number of carbonyl (C=O) groups excluding carboxylic acids is 1. The summed E-state index contributed by atoms with van der Waals surface area (Å²) in [4.78, 5) is 13.9. The van der Waals surface area contributed by atoms with Gasteiger partial charge in [0.1, 0.15) is 0 Å². The van der Waals surface area contributed by atoms with E-state index < -0.39 is 11.6 Å². The number of methoxy groups -OCH3 is 1. The van der Waals surface area contributed by atoms with Crippen molar-refractivity contribution in [2.24, 2.45) is 5.92 Å². The molecular weight excluding hydrogens is 316 g/mol. The summed E-state index contributed by atoms with van der Waals surface area (Å²) in [5.74, 6) is -1.40. The van der Waals surface area contributed by atoms with Gasteiger partial charge < -0.3 is 20.3 Å². The van der Waals surface area contributed by atoms with E-state index in [0.717, 1.165) is 19.0 Å². The maximum Gasteiger partial charge on any atom is 0.315 e. The Kier molecular flexibility index (Phi) is 6.36. The Bertz CT molecular complexity index is 571. The minimum absolute atomic E-state index is 0.0638. The SMILES string of the molecule is CO[C@H](C)[C@H](C)NC(=O)NC[C@@H]1CCN(c2ccc(F)c(F)c2)C1. The number of hydrogen-bond donors (Lipinski definition) is 2. The van der Waals surface area contributed by atoms with Gasteiger partial charge in [-0.05, 0) is 38.3 Å². The van der Waals surface area contributed by atoms with Crippen molar-refractivity contribution in [3.05, 3.63) is 29.8 Å². The van der Waals surface area contributed by atoms with E-state index in [2.05, 4.69) is 10.6 Å². The zero-order valence-electron chi connectivity index (χ0n) is 14.3. The summed E-state index contributed by atoms with van der Waals surface area (Å²) in [6.07, 6.45) is 0.828. The molecule has 1 aromatic rings. The van der Waals surface area contributed by atoms with Crippen molar-refractivity contribution in [2.45, 2.75) is 32.4 Å². The molecule has 1 aliphatic rings. The number of nitrogens with zero attached hydrogens (tertiary/aromatic N) is 1. The highest BCUT2D eigenvalue weighted by atomic mass is 19.2. The second-order valence-electron chi connectivity index (χ2n) is 6.28. The molecule has 0 unspecified atom stereocenters. The van der Waals surface area contributed by atoms with Crippen LogP contribution >= 0.6 is 0 Å². The van der Waals surface area contributed by atoms with Crippen molar-refractivity contribution < 1.29 is 18.3 Å². The lowest BCUT2D eigenvalue weighted by Crippen LogP contribution is -2.47. The summed E-state index contributed by atoms with van der Waals surface area (Å²) in [5.41, 5.74) is 0.670. The lowest BCUT2D eigenvalue weighted by molar-refractivity contribution is 0.0911. The molecule has 2 N–H and O–H groups in total. The zero-order chi connectivity index (χ0) is 17.7. The van der Waals surface area contributed by atoms with Gasteiger partial charge in [-0.25, -0.2) is 13.6 Å². The van der Waals surface area contributed by atoms with E-state index in [1.807, 2.05) is 18.7 Å². The normalized spacial score (nSPS) is 19.9. The molecule has 0 spiro atoms. The molecule has 24 heavy (non-hydrogen) atoms. The number of rotatable bonds is 6. The Hall–Kier alpha value is -1.89. The quantitative estimate of drug-likeness (QED) is 0.836. The van der Waals surface area contributed by atoms with Crippen molar-refractivity contribution in [2.75, 3.05) is 31.6 Å². The maximum atomic E-state index is 13.3. The molecule has 0 aliphatic carbocycles. The van der Waals surface area contributed by atoms with Gasteiger partial charge in [0.25, 0.3) is 0 Å².